The topological polar surface area (TPSA) is 29.5 Å². The number of benzene rings is 2. The third kappa shape index (κ3) is 3.78. The quantitative estimate of drug-likeness (QED) is 0.623. The van der Waals surface area contributed by atoms with Crippen LogP contribution < -0.4 is 9.64 Å². The van der Waals surface area contributed by atoms with E-state index in [0.29, 0.717) is 17.1 Å². The summed E-state index contributed by atoms with van der Waals surface area (Å²) in [6.45, 7) is 0.509. The summed E-state index contributed by atoms with van der Waals surface area (Å²) in [7, 11) is 1.62. The molecule has 0 fully saturated rings. The van der Waals surface area contributed by atoms with Gasteiger partial charge in [-0.1, -0.05) is 23.7 Å². The second-order valence-corrected chi connectivity index (χ2v) is 6.65. The molecule has 122 valence electrons. The van der Waals surface area contributed by atoms with Crippen molar-refractivity contribution in [1.82, 2.24) is 0 Å². The van der Waals surface area contributed by atoms with E-state index in [4.69, 9.17) is 16.3 Å². The fourth-order valence-electron chi connectivity index (χ4n) is 2.38. The van der Waals surface area contributed by atoms with Crippen molar-refractivity contribution in [3.8, 4) is 5.75 Å². The molecule has 0 radical (unpaired) electrons. The van der Waals surface area contributed by atoms with Crippen LogP contribution in [0.5, 0.6) is 5.75 Å². The summed E-state index contributed by atoms with van der Waals surface area (Å²) in [4.78, 5) is 15.9. The van der Waals surface area contributed by atoms with E-state index < -0.39 is 0 Å². The number of rotatable bonds is 5. The third-order valence-corrected chi connectivity index (χ3v) is 4.69. The van der Waals surface area contributed by atoms with Crippen LogP contribution in [0.15, 0.2) is 66.0 Å². The number of amides is 1. The van der Waals surface area contributed by atoms with Crippen LogP contribution in [0.3, 0.4) is 0 Å². The minimum absolute atomic E-state index is 0.0870. The van der Waals surface area contributed by atoms with Gasteiger partial charge >= 0.3 is 0 Å². The molecule has 0 saturated heterocycles. The van der Waals surface area contributed by atoms with Gasteiger partial charge in [-0.2, -0.15) is 0 Å². The standard InChI is InChI=1S/C19H16ClNO2S/c1-23-17-9-7-16(8-10-17)21(13-18-6-3-11-24-18)19(22)14-4-2-5-15(20)12-14/h2-12H,13H2,1H3. The molecule has 24 heavy (non-hydrogen) atoms. The molecule has 3 aromatic rings. The molecule has 3 nitrogen and oxygen atoms in total. The number of halogens is 1. The molecule has 0 unspecified atom stereocenters. The van der Waals surface area contributed by atoms with Crippen molar-refractivity contribution in [3.05, 3.63) is 81.5 Å². The van der Waals surface area contributed by atoms with Crippen LogP contribution in [0.2, 0.25) is 5.02 Å². The maximum atomic E-state index is 13.0. The average Bonchev–Trinajstić information content (AvgIpc) is 3.12. The number of nitrogens with zero attached hydrogens (tertiary/aromatic N) is 1. The molecule has 0 bridgehead atoms. The number of carbonyl (C=O) groups is 1. The Morgan fingerprint density at radius 1 is 1.12 bits per heavy atom. The summed E-state index contributed by atoms with van der Waals surface area (Å²) in [5, 5.41) is 2.55. The Labute approximate surface area is 150 Å². The van der Waals surface area contributed by atoms with Gasteiger partial charge in [0.15, 0.2) is 0 Å². The molecule has 5 heteroatoms. The summed E-state index contributed by atoms with van der Waals surface area (Å²) in [5.41, 5.74) is 1.38. The number of hydrogen-bond donors (Lipinski definition) is 0. The van der Waals surface area contributed by atoms with Crippen molar-refractivity contribution in [3.63, 3.8) is 0 Å². The zero-order valence-corrected chi connectivity index (χ0v) is 14.7. The minimum atomic E-state index is -0.0870. The summed E-state index contributed by atoms with van der Waals surface area (Å²) in [5.74, 6) is 0.668. The van der Waals surface area contributed by atoms with Gasteiger partial charge in [0.2, 0.25) is 0 Å². The molecule has 0 aliphatic carbocycles. The first kappa shape index (κ1) is 16.6. The van der Waals surface area contributed by atoms with E-state index in [1.165, 1.54) is 0 Å². The Morgan fingerprint density at radius 3 is 2.54 bits per heavy atom. The lowest BCUT2D eigenvalue weighted by molar-refractivity contribution is 0.0985. The summed E-state index contributed by atoms with van der Waals surface area (Å²) >= 11 is 7.66. The molecular weight excluding hydrogens is 342 g/mol. The van der Waals surface area contributed by atoms with Crippen molar-refractivity contribution >= 4 is 34.5 Å². The van der Waals surface area contributed by atoms with E-state index in [1.54, 1.807) is 47.6 Å². The molecular formula is C19H16ClNO2S. The van der Waals surface area contributed by atoms with Crippen molar-refractivity contribution in [1.29, 1.82) is 0 Å². The van der Waals surface area contributed by atoms with Gasteiger partial charge in [-0.05, 0) is 53.9 Å². The fourth-order valence-corrected chi connectivity index (χ4v) is 3.26. The predicted molar refractivity (Wildman–Crippen MR) is 99.3 cm³/mol. The van der Waals surface area contributed by atoms with Crippen LogP contribution in [0, 0.1) is 0 Å². The first-order valence-electron chi connectivity index (χ1n) is 7.41. The second kappa shape index (κ2) is 7.51. The molecule has 1 aromatic heterocycles. The maximum Gasteiger partial charge on any atom is 0.258 e. The van der Waals surface area contributed by atoms with Crippen LogP contribution in [-0.2, 0) is 6.54 Å². The Kier molecular flexibility index (Phi) is 5.18. The molecule has 0 aliphatic heterocycles. The molecule has 3 rings (SSSR count). The second-order valence-electron chi connectivity index (χ2n) is 5.18. The molecule has 0 atom stereocenters. The lowest BCUT2D eigenvalue weighted by Crippen LogP contribution is -2.30. The number of methoxy groups -OCH3 is 1. The monoisotopic (exact) mass is 357 g/mol. The van der Waals surface area contributed by atoms with Gasteiger partial charge < -0.3 is 9.64 Å². The van der Waals surface area contributed by atoms with Gasteiger partial charge in [0, 0.05) is 21.2 Å². The zero-order valence-electron chi connectivity index (χ0n) is 13.1. The van der Waals surface area contributed by atoms with Crippen molar-refractivity contribution in [2.75, 3.05) is 12.0 Å². The number of thiophene rings is 1. The lowest BCUT2D eigenvalue weighted by atomic mass is 10.1. The number of ether oxygens (including phenoxy) is 1. The largest absolute Gasteiger partial charge is 0.497 e. The Balaban J connectivity index is 1.95. The molecule has 0 saturated carbocycles. The number of hydrogen-bond acceptors (Lipinski definition) is 3. The zero-order chi connectivity index (χ0) is 16.9. The highest BCUT2D eigenvalue weighted by Crippen LogP contribution is 2.25. The Morgan fingerprint density at radius 2 is 1.92 bits per heavy atom. The minimum Gasteiger partial charge on any atom is -0.497 e. The van der Waals surface area contributed by atoms with E-state index in [-0.39, 0.29) is 5.91 Å². The lowest BCUT2D eigenvalue weighted by Gasteiger charge is -2.23. The highest BCUT2D eigenvalue weighted by Gasteiger charge is 2.19. The van der Waals surface area contributed by atoms with E-state index in [2.05, 4.69) is 0 Å². The van der Waals surface area contributed by atoms with Crippen molar-refractivity contribution in [2.24, 2.45) is 0 Å². The van der Waals surface area contributed by atoms with Gasteiger partial charge in [-0.25, -0.2) is 0 Å². The van der Waals surface area contributed by atoms with Crippen LogP contribution >= 0.6 is 22.9 Å². The molecule has 1 amide bonds. The Bertz CT molecular complexity index is 816. The fraction of sp³-hybridized carbons (Fsp3) is 0.105. The molecule has 1 heterocycles. The van der Waals surface area contributed by atoms with Gasteiger partial charge in [-0.3, -0.25) is 4.79 Å². The normalized spacial score (nSPS) is 10.4. The van der Waals surface area contributed by atoms with E-state index in [0.717, 1.165) is 16.3 Å². The summed E-state index contributed by atoms with van der Waals surface area (Å²) in [6.07, 6.45) is 0. The maximum absolute atomic E-state index is 13.0. The van der Waals surface area contributed by atoms with Crippen molar-refractivity contribution in [2.45, 2.75) is 6.54 Å². The Hall–Kier alpha value is -2.30. The van der Waals surface area contributed by atoms with E-state index in [9.17, 15) is 4.79 Å². The smallest absolute Gasteiger partial charge is 0.258 e. The first-order chi connectivity index (χ1) is 11.7. The molecule has 0 N–H and O–H groups in total. The van der Waals surface area contributed by atoms with Gasteiger partial charge in [0.25, 0.3) is 5.91 Å². The number of carbonyl (C=O) groups excluding carboxylic acids is 1. The highest BCUT2D eigenvalue weighted by atomic mass is 35.5. The van der Waals surface area contributed by atoms with Gasteiger partial charge in [-0.15, -0.1) is 11.3 Å². The molecule has 2 aromatic carbocycles. The molecule has 0 aliphatic rings. The SMILES string of the molecule is COc1ccc(N(Cc2cccs2)C(=O)c2cccc(Cl)c2)cc1. The summed E-state index contributed by atoms with van der Waals surface area (Å²) in [6, 6.07) is 18.5. The van der Waals surface area contributed by atoms with E-state index >= 15 is 0 Å². The van der Waals surface area contributed by atoms with Crippen LogP contribution in [0.1, 0.15) is 15.2 Å². The van der Waals surface area contributed by atoms with Gasteiger partial charge in [0.05, 0.1) is 13.7 Å². The average molecular weight is 358 g/mol. The van der Waals surface area contributed by atoms with E-state index in [1.807, 2.05) is 41.8 Å². The predicted octanol–water partition coefficient (Wildman–Crippen LogP) is 5.26. The summed E-state index contributed by atoms with van der Waals surface area (Å²) < 4.78 is 5.20. The van der Waals surface area contributed by atoms with Crippen LogP contribution in [-0.4, -0.2) is 13.0 Å². The third-order valence-electron chi connectivity index (χ3n) is 3.59. The first-order valence-corrected chi connectivity index (χ1v) is 8.67. The van der Waals surface area contributed by atoms with Crippen molar-refractivity contribution < 1.29 is 9.53 Å². The van der Waals surface area contributed by atoms with Crippen LogP contribution in [0.4, 0.5) is 5.69 Å². The highest BCUT2D eigenvalue weighted by molar-refractivity contribution is 7.09. The van der Waals surface area contributed by atoms with Gasteiger partial charge in [0.1, 0.15) is 5.75 Å². The number of anilines is 1. The van der Waals surface area contributed by atoms with Crippen LogP contribution in [0.25, 0.3) is 0 Å². The molecule has 0 spiro atoms.